The van der Waals surface area contributed by atoms with Gasteiger partial charge in [0.2, 0.25) is 5.91 Å². The number of hydrogen-bond donors (Lipinski definition) is 0. The van der Waals surface area contributed by atoms with Gasteiger partial charge in [-0.05, 0) is 42.7 Å². The zero-order valence-corrected chi connectivity index (χ0v) is 14.8. The number of piperazine rings is 1. The van der Waals surface area contributed by atoms with E-state index in [4.69, 9.17) is 0 Å². The van der Waals surface area contributed by atoms with Crippen LogP contribution in [0.15, 0.2) is 24.3 Å². The highest BCUT2D eigenvalue weighted by atomic mass is 32.1. The van der Waals surface area contributed by atoms with Crippen molar-refractivity contribution in [2.24, 2.45) is 5.92 Å². The number of fused-ring (bicyclic) bond motifs is 1. The summed E-state index contributed by atoms with van der Waals surface area (Å²) >= 11 is 1.58. The summed E-state index contributed by atoms with van der Waals surface area (Å²) in [4.78, 5) is 29.8. The van der Waals surface area contributed by atoms with Crippen LogP contribution in [0.4, 0.5) is 0 Å². The minimum absolute atomic E-state index is 0.114. The van der Waals surface area contributed by atoms with Crippen LogP contribution >= 0.6 is 11.3 Å². The van der Waals surface area contributed by atoms with Gasteiger partial charge in [-0.15, -0.1) is 11.3 Å². The molecule has 1 aliphatic carbocycles. The van der Waals surface area contributed by atoms with Crippen LogP contribution < -0.4 is 0 Å². The minimum Gasteiger partial charge on any atom is -0.339 e. The Hall–Kier alpha value is -1.88. The van der Waals surface area contributed by atoms with Crippen molar-refractivity contribution in [3.05, 3.63) is 34.7 Å². The van der Waals surface area contributed by atoms with Gasteiger partial charge >= 0.3 is 0 Å². The molecule has 1 saturated heterocycles. The summed E-state index contributed by atoms with van der Waals surface area (Å²) in [6, 6.07) is 8.17. The predicted octanol–water partition coefficient (Wildman–Crippen LogP) is 3.29. The number of thiophene rings is 1. The second-order valence-corrected chi connectivity index (χ2v) is 7.93. The number of carbonyl (C=O) groups excluding carboxylic acids is 2. The van der Waals surface area contributed by atoms with Gasteiger partial charge < -0.3 is 9.80 Å². The van der Waals surface area contributed by atoms with E-state index in [0.29, 0.717) is 38.5 Å². The Morgan fingerprint density at radius 3 is 2.42 bits per heavy atom. The summed E-state index contributed by atoms with van der Waals surface area (Å²) in [5, 5.41) is 1.17. The lowest BCUT2D eigenvalue weighted by Gasteiger charge is -2.34. The topological polar surface area (TPSA) is 40.6 Å². The van der Waals surface area contributed by atoms with Crippen molar-refractivity contribution in [1.82, 2.24) is 9.80 Å². The molecule has 0 unspecified atom stereocenters. The molecule has 0 spiro atoms. The molecule has 4 nitrogen and oxygen atoms in total. The Bertz CT molecular complexity index is 786. The number of rotatable bonds is 3. The van der Waals surface area contributed by atoms with Crippen molar-refractivity contribution >= 4 is 33.2 Å². The maximum Gasteiger partial charge on any atom is 0.264 e. The molecule has 4 rings (SSSR count). The van der Waals surface area contributed by atoms with Crippen LogP contribution in [0.1, 0.15) is 34.5 Å². The normalized spacial score (nSPS) is 18.2. The summed E-state index contributed by atoms with van der Waals surface area (Å²) in [6.45, 7) is 4.65. The molecule has 2 aromatic rings. The lowest BCUT2D eigenvalue weighted by molar-refractivity contribution is -0.133. The van der Waals surface area contributed by atoms with E-state index in [2.05, 4.69) is 12.1 Å². The van der Waals surface area contributed by atoms with E-state index >= 15 is 0 Å². The lowest BCUT2D eigenvalue weighted by Crippen LogP contribution is -2.50. The average molecular weight is 342 g/mol. The number of amides is 2. The van der Waals surface area contributed by atoms with Crippen LogP contribution in [-0.2, 0) is 4.79 Å². The largest absolute Gasteiger partial charge is 0.339 e. The Balaban J connectivity index is 1.43. The molecule has 0 N–H and O–H groups in total. The van der Waals surface area contributed by atoms with E-state index in [1.54, 1.807) is 11.3 Å². The lowest BCUT2D eigenvalue weighted by atomic mass is 10.1. The molecule has 0 bridgehead atoms. The van der Waals surface area contributed by atoms with Crippen molar-refractivity contribution in [3.63, 3.8) is 0 Å². The molecule has 126 valence electrons. The third-order valence-electron chi connectivity index (χ3n) is 5.12. The zero-order chi connectivity index (χ0) is 16.7. The fraction of sp³-hybridized carbons (Fsp3) is 0.474. The number of aryl methyl sites for hydroxylation is 1. The fourth-order valence-corrected chi connectivity index (χ4v) is 4.56. The first kappa shape index (κ1) is 15.6. The molecule has 1 aromatic heterocycles. The molecule has 1 saturated carbocycles. The number of carbonyl (C=O) groups is 2. The van der Waals surface area contributed by atoms with Gasteiger partial charge in [0, 0.05) is 37.3 Å². The summed E-state index contributed by atoms with van der Waals surface area (Å²) in [5.74, 6) is 1.00. The first-order chi connectivity index (χ1) is 11.6. The standard InChI is InChI=1S/C19H22N2O2S/c1-13-15-4-2-3-5-16(15)24-18(13)19(23)21-10-8-20(9-11-21)17(22)12-14-6-7-14/h2-5,14H,6-12H2,1H3. The molecule has 1 aromatic carbocycles. The van der Waals surface area contributed by atoms with Crippen molar-refractivity contribution in [2.75, 3.05) is 26.2 Å². The van der Waals surface area contributed by atoms with Crippen molar-refractivity contribution < 1.29 is 9.59 Å². The molecular weight excluding hydrogens is 320 g/mol. The summed E-state index contributed by atoms with van der Waals surface area (Å²) < 4.78 is 1.16. The van der Waals surface area contributed by atoms with Gasteiger partial charge in [0.1, 0.15) is 0 Å². The molecule has 5 heteroatoms. The summed E-state index contributed by atoms with van der Waals surface area (Å²) in [5.41, 5.74) is 1.08. The fourth-order valence-electron chi connectivity index (χ4n) is 3.38. The molecule has 2 heterocycles. The Labute approximate surface area is 146 Å². The van der Waals surface area contributed by atoms with E-state index in [1.165, 1.54) is 18.2 Å². The molecule has 2 fully saturated rings. The van der Waals surface area contributed by atoms with Gasteiger partial charge in [0.25, 0.3) is 5.91 Å². The number of nitrogens with zero attached hydrogens (tertiary/aromatic N) is 2. The number of hydrogen-bond acceptors (Lipinski definition) is 3. The maximum absolute atomic E-state index is 12.9. The van der Waals surface area contributed by atoms with Gasteiger partial charge in [-0.1, -0.05) is 18.2 Å². The third-order valence-corrected chi connectivity index (χ3v) is 6.38. The second-order valence-electron chi connectivity index (χ2n) is 6.87. The molecule has 0 atom stereocenters. The van der Waals surface area contributed by atoms with E-state index in [9.17, 15) is 9.59 Å². The molecule has 2 amide bonds. The van der Waals surface area contributed by atoms with Gasteiger partial charge in [0.05, 0.1) is 4.88 Å². The third kappa shape index (κ3) is 2.93. The zero-order valence-electron chi connectivity index (χ0n) is 14.0. The van der Waals surface area contributed by atoms with E-state index in [-0.39, 0.29) is 11.8 Å². The van der Waals surface area contributed by atoms with Gasteiger partial charge in [-0.2, -0.15) is 0 Å². The average Bonchev–Trinajstić information content (AvgIpc) is 3.36. The Morgan fingerprint density at radius 1 is 1.08 bits per heavy atom. The molecule has 0 radical (unpaired) electrons. The Morgan fingerprint density at radius 2 is 1.75 bits per heavy atom. The maximum atomic E-state index is 12.9. The van der Waals surface area contributed by atoms with Gasteiger partial charge in [-0.3, -0.25) is 9.59 Å². The summed E-state index contributed by atoms with van der Waals surface area (Å²) in [6.07, 6.45) is 3.11. The van der Waals surface area contributed by atoms with Crippen LogP contribution in [0, 0.1) is 12.8 Å². The van der Waals surface area contributed by atoms with Crippen LogP contribution in [0.3, 0.4) is 0 Å². The van der Waals surface area contributed by atoms with Crippen LogP contribution in [0.25, 0.3) is 10.1 Å². The van der Waals surface area contributed by atoms with Crippen LogP contribution in [0.5, 0.6) is 0 Å². The van der Waals surface area contributed by atoms with E-state index in [1.807, 2.05) is 28.9 Å². The van der Waals surface area contributed by atoms with Crippen molar-refractivity contribution in [2.45, 2.75) is 26.2 Å². The van der Waals surface area contributed by atoms with E-state index < -0.39 is 0 Å². The number of benzene rings is 1. The first-order valence-electron chi connectivity index (χ1n) is 8.68. The molecule has 1 aliphatic heterocycles. The first-order valence-corrected chi connectivity index (χ1v) is 9.50. The van der Waals surface area contributed by atoms with Crippen LogP contribution in [-0.4, -0.2) is 47.8 Å². The molecular formula is C19H22N2O2S. The van der Waals surface area contributed by atoms with Gasteiger partial charge in [0.15, 0.2) is 0 Å². The SMILES string of the molecule is Cc1c(C(=O)N2CCN(C(=O)CC3CC3)CC2)sc2ccccc12. The van der Waals surface area contributed by atoms with Gasteiger partial charge in [-0.25, -0.2) is 0 Å². The highest BCUT2D eigenvalue weighted by molar-refractivity contribution is 7.21. The monoisotopic (exact) mass is 342 g/mol. The minimum atomic E-state index is 0.114. The Kier molecular flexibility index (Phi) is 4.04. The van der Waals surface area contributed by atoms with E-state index in [0.717, 1.165) is 15.1 Å². The van der Waals surface area contributed by atoms with Crippen molar-refractivity contribution in [3.8, 4) is 0 Å². The quantitative estimate of drug-likeness (QED) is 0.859. The predicted molar refractivity (Wildman–Crippen MR) is 96.4 cm³/mol. The summed E-state index contributed by atoms with van der Waals surface area (Å²) in [7, 11) is 0. The highest BCUT2D eigenvalue weighted by Gasteiger charge is 2.30. The molecule has 24 heavy (non-hydrogen) atoms. The van der Waals surface area contributed by atoms with Crippen LogP contribution in [0.2, 0.25) is 0 Å². The van der Waals surface area contributed by atoms with Crippen molar-refractivity contribution in [1.29, 1.82) is 0 Å². The smallest absolute Gasteiger partial charge is 0.264 e. The second kappa shape index (κ2) is 6.20. The molecule has 2 aliphatic rings. The highest BCUT2D eigenvalue weighted by Crippen LogP contribution is 2.33.